The Bertz CT molecular complexity index is 835. The van der Waals surface area contributed by atoms with E-state index in [2.05, 4.69) is 21.6 Å². The molecule has 122 valence electrons. The molecule has 0 unspecified atom stereocenters. The molecule has 1 aromatic heterocycles. The van der Waals surface area contributed by atoms with Gasteiger partial charge in [0.1, 0.15) is 0 Å². The van der Waals surface area contributed by atoms with Crippen molar-refractivity contribution in [3.63, 3.8) is 0 Å². The lowest BCUT2D eigenvalue weighted by Gasteiger charge is -2.06. The number of H-pyrrole nitrogens is 1. The molecule has 1 fully saturated rings. The number of rotatable bonds is 3. The first-order valence-electron chi connectivity index (χ1n) is 7.48. The summed E-state index contributed by atoms with van der Waals surface area (Å²) in [5.74, 6) is -0.355. The minimum Gasteiger partial charge on any atom is -0.309 e. The predicted octanol–water partition coefficient (Wildman–Crippen LogP) is 2.07. The highest BCUT2D eigenvalue weighted by Crippen LogP contribution is 2.24. The Kier molecular flexibility index (Phi) is 3.97. The average molecular weight is 333 g/mol. The summed E-state index contributed by atoms with van der Waals surface area (Å²) in [4.78, 5) is 12.1. The Labute approximate surface area is 135 Å². The van der Waals surface area contributed by atoms with E-state index in [1.54, 1.807) is 6.07 Å². The van der Waals surface area contributed by atoms with Gasteiger partial charge in [0.2, 0.25) is 5.91 Å². The smallest absolute Gasteiger partial charge is 0.229 e. The van der Waals surface area contributed by atoms with E-state index in [0.717, 1.165) is 22.4 Å². The monoisotopic (exact) mass is 333 g/mol. The van der Waals surface area contributed by atoms with Gasteiger partial charge in [0, 0.05) is 11.6 Å². The van der Waals surface area contributed by atoms with Gasteiger partial charge in [-0.25, -0.2) is 8.42 Å². The summed E-state index contributed by atoms with van der Waals surface area (Å²) in [7, 11) is -3.07. The fraction of sp³-hybridized carbons (Fsp3) is 0.375. The number of benzene rings is 1. The molecule has 3 rings (SSSR count). The van der Waals surface area contributed by atoms with Gasteiger partial charge in [-0.2, -0.15) is 5.10 Å². The van der Waals surface area contributed by atoms with Crippen molar-refractivity contribution in [2.24, 2.45) is 5.92 Å². The topological polar surface area (TPSA) is 91.9 Å². The first-order chi connectivity index (χ1) is 10.8. The number of sulfone groups is 1. The molecule has 0 spiro atoms. The Morgan fingerprint density at radius 2 is 1.91 bits per heavy atom. The normalized spacial score (nSPS) is 19.7. The van der Waals surface area contributed by atoms with Crippen LogP contribution in [0.5, 0.6) is 0 Å². The molecule has 0 aliphatic carbocycles. The van der Waals surface area contributed by atoms with E-state index in [0.29, 0.717) is 12.2 Å². The largest absolute Gasteiger partial charge is 0.309 e. The summed E-state index contributed by atoms with van der Waals surface area (Å²) in [6.45, 7) is 4.05. The molecule has 0 radical (unpaired) electrons. The molecule has 1 aliphatic heterocycles. The van der Waals surface area contributed by atoms with Gasteiger partial charge in [-0.15, -0.1) is 0 Å². The quantitative estimate of drug-likeness (QED) is 0.899. The van der Waals surface area contributed by atoms with E-state index >= 15 is 0 Å². The van der Waals surface area contributed by atoms with Crippen LogP contribution in [0.2, 0.25) is 0 Å². The van der Waals surface area contributed by atoms with Crippen molar-refractivity contribution < 1.29 is 13.2 Å². The summed E-state index contributed by atoms with van der Waals surface area (Å²) in [6.07, 6.45) is 0.378. The summed E-state index contributed by atoms with van der Waals surface area (Å²) in [5.41, 5.74) is 4.11. The molecular weight excluding hydrogens is 314 g/mol. The van der Waals surface area contributed by atoms with Crippen LogP contribution in [0.4, 0.5) is 5.82 Å². The third-order valence-corrected chi connectivity index (χ3v) is 5.73. The minimum absolute atomic E-state index is 0.0762. The average Bonchev–Trinajstić information content (AvgIpc) is 3.04. The lowest BCUT2D eigenvalue weighted by Crippen LogP contribution is -2.23. The Balaban J connectivity index is 1.73. The number of carbonyl (C=O) groups is 1. The molecule has 1 aliphatic rings. The molecule has 6 nitrogen and oxygen atoms in total. The van der Waals surface area contributed by atoms with Crippen molar-refractivity contribution in [1.29, 1.82) is 0 Å². The van der Waals surface area contributed by atoms with Gasteiger partial charge in [0.15, 0.2) is 15.7 Å². The van der Waals surface area contributed by atoms with Crippen LogP contribution in [0, 0.1) is 19.8 Å². The summed E-state index contributed by atoms with van der Waals surface area (Å²) in [6, 6.07) is 7.92. The maximum atomic E-state index is 12.1. The van der Waals surface area contributed by atoms with Crippen LogP contribution in [-0.2, 0) is 14.6 Å². The van der Waals surface area contributed by atoms with Gasteiger partial charge in [-0.05, 0) is 32.4 Å². The number of carbonyl (C=O) groups excluding carboxylic acids is 1. The highest BCUT2D eigenvalue weighted by atomic mass is 32.2. The predicted molar refractivity (Wildman–Crippen MR) is 88.9 cm³/mol. The number of hydrogen-bond donors (Lipinski definition) is 2. The molecule has 0 saturated carbocycles. The number of amides is 1. The van der Waals surface area contributed by atoms with Crippen molar-refractivity contribution in [1.82, 2.24) is 10.2 Å². The zero-order valence-electron chi connectivity index (χ0n) is 13.1. The first kappa shape index (κ1) is 15.7. The minimum atomic E-state index is -3.07. The molecule has 7 heteroatoms. The molecule has 2 aromatic rings. The number of nitrogens with zero attached hydrogens (tertiary/aromatic N) is 1. The zero-order chi connectivity index (χ0) is 16.6. The van der Waals surface area contributed by atoms with Gasteiger partial charge in [0.25, 0.3) is 0 Å². The number of aromatic amines is 1. The highest BCUT2D eigenvalue weighted by molar-refractivity contribution is 7.91. The molecule has 0 bridgehead atoms. The van der Waals surface area contributed by atoms with Crippen molar-refractivity contribution in [2.75, 3.05) is 16.8 Å². The number of aromatic nitrogens is 2. The molecule has 1 amide bonds. The highest BCUT2D eigenvalue weighted by Gasteiger charge is 2.33. The zero-order valence-corrected chi connectivity index (χ0v) is 13.9. The number of nitrogens with one attached hydrogen (secondary N) is 2. The van der Waals surface area contributed by atoms with Crippen molar-refractivity contribution >= 4 is 21.6 Å². The van der Waals surface area contributed by atoms with E-state index < -0.39 is 15.8 Å². The fourth-order valence-corrected chi connectivity index (χ4v) is 4.64. The van der Waals surface area contributed by atoms with Crippen LogP contribution in [0.25, 0.3) is 11.3 Å². The van der Waals surface area contributed by atoms with Gasteiger partial charge < -0.3 is 5.32 Å². The van der Waals surface area contributed by atoms with Crippen LogP contribution in [0.3, 0.4) is 0 Å². The lowest BCUT2D eigenvalue weighted by molar-refractivity contribution is -0.119. The van der Waals surface area contributed by atoms with Crippen LogP contribution in [-0.4, -0.2) is 36.0 Å². The molecule has 2 N–H and O–H groups in total. The molecule has 1 aromatic carbocycles. The van der Waals surface area contributed by atoms with Gasteiger partial charge in [0.05, 0.1) is 23.1 Å². The first-order valence-corrected chi connectivity index (χ1v) is 9.30. The standard InChI is InChI=1S/C16H19N3O3S/c1-10-5-11(2)7-13(6-10)14-8-15(19-18-14)17-16(20)12-3-4-23(21,22)9-12/h5-8,12H,3-4,9H2,1-2H3,(H2,17,18,19,20)/t12-/m1/s1. The maximum absolute atomic E-state index is 12.1. The Morgan fingerprint density at radius 1 is 1.22 bits per heavy atom. The molecule has 2 heterocycles. The van der Waals surface area contributed by atoms with Crippen LogP contribution in [0.15, 0.2) is 24.3 Å². The number of aryl methyl sites for hydroxylation is 2. The van der Waals surface area contributed by atoms with E-state index in [4.69, 9.17) is 0 Å². The van der Waals surface area contributed by atoms with E-state index in [-0.39, 0.29) is 17.4 Å². The summed E-state index contributed by atoms with van der Waals surface area (Å²) >= 11 is 0. The molecule has 1 atom stereocenters. The third-order valence-electron chi connectivity index (χ3n) is 3.97. The van der Waals surface area contributed by atoms with Crippen LogP contribution in [0.1, 0.15) is 17.5 Å². The van der Waals surface area contributed by atoms with Gasteiger partial charge in [-0.1, -0.05) is 17.2 Å². The van der Waals surface area contributed by atoms with Gasteiger partial charge in [-0.3, -0.25) is 9.89 Å². The number of anilines is 1. The Morgan fingerprint density at radius 3 is 2.52 bits per heavy atom. The van der Waals surface area contributed by atoms with Crippen molar-refractivity contribution in [3.05, 3.63) is 35.4 Å². The van der Waals surface area contributed by atoms with Crippen LogP contribution >= 0.6 is 0 Å². The Hall–Kier alpha value is -2.15. The maximum Gasteiger partial charge on any atom is 0.229 e. The summed E-state index contributed by atoms with van der Waals surface area (Å²) < 4.78 is 22.9. The lowest BCUT2D eigenvalue weighted by atomic mass is 10.1. The summed E-state index contributed by atoms with van der Waals surface area (Å²) in [5, 5.41) is 9.69. The SMILES string of the molecule is Cc1cc(C)cc(-c2cc(NC(=O)[C@@H]3CCS(=O)(=O)C3)n[nH]2)c1. The van der Waals surface area contributed by atoms with E-state index in [9.17, 15) is 13.2 Å². The molecule has 23 heavy (non-hydrogen) atoms. The van der Waals surface area contributed by atoms with Crippen molar-refractivity contribution in [2.45, 2.75) is 20.3 Å². The van der Waals surface area contributed by atoms with E-state index in [1.807, 2.05) is 26.0 Å². The second-order valence-electron chi connectivity index (χ2n) is 6.13. The van der Waals surface area contributed by atoms with Crippen LogP contribution < -0.4 is 5.32 Å². The van der Waals surface area contributed by atoms with Crippen molar-refractivity contribution in [3.8, 4) is 11.3 Å². The third kappa shape index (κ3) is 3.61. The second kappa shape index (κ2) is 5.81. The van der Waals surface area contributed by atoms with E-state index in [1.165, 1.54) is 0 Å². The fourth-order valence-electron chi connectivity index (χ4n) is 2.89. The molecular formula is C16H19N3O3S. The second-order valence-corrected chi connectivity index (χ2v) is 8.36. The molecule has 1 saturated heterocycles. The number of hydrogen-bond acceptors (Lipinski definition) is 4. The van der Waals surface area contributed by atoms with Gasteiger partial charge >= 0.3 is 0 Å².